The second-order valence-corrected chi connectivity index (χ2v) is 10.3. The third-order valence-corrected chi connectivity index (χ3v) is 9.14. The Morgan fingerprint density at radius 1 is 1.07 bits per heavy atom. The number of hydrogen-bond acceptors (Lipinski definition) is 3. The lowest BCUT2D eigenvalue weighted by atomic mass is 9.47. The summed E-state index contributed by atoms with van der Waals surface area (Å²) < 4.78 is 0. The Morgan fingerprint density at radius 2 is 1.79 bits per heavy atom. The summed E-state index contributed by atoms with van der Waals surface area (Å²) in [5.74, 6) is 0.806. The molecule has 28 heavy (non-hydrogen) atoms. The van der Waals surface area contributed by atoms with Crippen LogP contribution in [0.4, 0.5) is 0 Å². The van der Waals surface area contributed by atoms with E-state index in [4.69, 9.17) is 5.11 Å². The van der Waals surface area contributed by atoms with Crippen LogP contribution in [-0.2, 0) is 14.4 Å². The van der Waals surface area contributed by atoms with Crippen molar-refractivity contribution in [3.8, 4) is 0 Å². The smallest absolute Gasteiger partial charge is 0.325 e. The summed E-state index contributed by atoms with van der Waals surface area (Å²) >= 11 is 0. The summed E-state index contributed by atoms with van der Waals surface area (Å²) in [6, 6.07) is -0.539. The van der Waals surface area contributed by atoms with Gasteiger partial charge in [-0.3, -0.25) is 14.4 Å². The molecule has 4 unspecified atom stereocenters. The molecule has 156 valence electrons. The van der Waals surface area contributed by atoms with Crippen LogP contribution in [0.1, 0.15) is 72.1 Å². The lowest BCUT2D eigenvalue weighted by molar-refractivity contribution is -0.145. The molecule has 3 aliphatic carbocycles. The molecule has 3 N–H and O–H groups in total. The van der Waals surface area contributed by atoms with Crippen LogP contribution in [0.3, 0.4) is 0 Å². The number of amides is 2. The van der Waals surface area contributed by atoms with E-state index >= 15 is 0 Å². The Balaban J connectivity index is 1.53. The highest BCUT2D eigenvalue weighted by Gasteiger charge is 2.61. The van der Waals surface area contributed by atoms with Gasteiger partial charge in [0.25, 0.3) is 0 Å². The second-order valence-electron chi connectivity index (χ2n) is 10.3. The van der Waals surface area contributed by atoms with Crippen molar-refractivity contribution in [1.29, 1.82) is 0 Å². The number of rotatable bonds is 3. The maximum atomic E-state index is 12.9. The zero-order valence-corrected chi connectivity index (χ0v) is 17.3. The fourth-order valence-electron chi connectivity index (χ4n) is 7.51. The van der Waals surface area contributed by atoms with E-state index in [0.717, 1.165) is 44.9 Å². The van der Waals surface area contributed by atoms with E-state index in [9.17, 15) is 14.4 Å². The van der Waals surface area contributed by atoms with E-state index in [1.165, 1.54) is 6.92 Å². The van der Waals surface area contributed by atoms with E-state index in [1.807, 2.05) is 0 Å². The Kier molecular flexibility index (Phi) is 4.74. The molecule has 2 amide bonds. The Bertz CT molecular complexity index is 694. The predicted octanol–water partition coefficient (Wildman–Crippen LogP) is 2.71. The van der Waals surface area contributed by atoms with E-state index in [2.05, 4.69) is 24.5 Å². The van der Waals surface area contributed by atoms with E-state index < -0.39 is 12.0 Å². The van der Waals surface area contributed by atoms with Gasteiger partial charge in [-0.05, 0) is 80.5 Å². The SMILES string of the molecule is C[C@H](NC(=O)C1CCC2C3CC[C@H]4NC(=O)CC[C@]4(C)C3CC[C@]12C)C(=O)O. The topological polar surface area (TPSA) is 95.5 Å². The van der Waals surface area contributed by atoms with Crippen LogP contribution in [0.25, 0.3) is 0 Å². The highest BCUT2D eigenvalue weighted by molar-refractivity contribution is 5.85. The highest BCUT2D eigenvalue weighted by Crippen LogP contribution is 2.65. The molecule has 0 bridgehead atoms. The van der Waals surface area contributed by atoms with Gasteiger partial charge in [-0.2, -0.15) is 0 Å². The van der Waals surface area contributed by atoms with Gasteiger partial charge in [0, 0.05) is 18.4 Å². The van der Waals surface area contributed by atoms with Gasteiger partial charge in [-0.25, -0.2) is 0 Å². The van der Waals surface area contributed by atoms with Crippen molar-refractivity contribution in [1.82, 2.24) is 10.6 Å². The molecule has 4 rings (SSSR count). The third-order valence-electron chi connectivity index (χ3n) is 9.14. The molecular formula is C22H34N2O4. The maximum Gasteiger partial charge on any atom is 0.325 e. The third kappa shape index (κ3) is 2.86. The average molecular weight is 391 g/mol. The Hall–Kier alpha value is -1.59. The molecule has 0 aromatic heterocycles. The van der Waals surface area contributed by atoms with E-state index in [1.54, 1.807) is 0 Å². The minimum atomic E-state index is -0.984. The molecule has 1 saturated heterocycles. The molecule has 0 spiro atoms. The number of hydrogen-bond donors (Lipinski definition) is 3. The number of fused-ring (bicyclic) bond motifs is 5. The van der Waals surface area contributed by atoms with E-state index in [0.29, 0.717) is 30.2 Å². The quantitative estimate of drug-likeness (QED) is 0.690. The molecule has 1 aliphatic heterocycles. The van der Waals surface area contributed by atoms with Gasteiger partial charge in [0.15, 0.2) is 0 Å². The van der Waals surface area contributed by atoms with Crippen LogP contribution >= 0.6 is 0 Å². The minimum absolute atomic E-state index is 0.0371. The maximum absolute atomic E-state index is 12.9. The fourth-order valence-corrected chi connectivity index (χ4v) is 7.51. The molecule has 0 aromatic carbocycles. The minimum Gasteiger partial charge on any atom is -0.480 e. The van der Waals surface area contributed by atoms with Crippen molar-refractivity contribution in [2.24, 2.45) is 34.5 Å². The van der Waals surface area contributed by atoms with Gasteiger partial charge in [-0.1, -0.05) is 13.8 Å². The molecule has 4 aliphatic rings. The molecule has 6 nitrogen and oxygen atoms in total. The van der Waals surface area contributed by atoms with Gasteiger partial charge in [0.2, 0.25) is 11.8 Å². The molecule has 0 aromatic rings. The van der Waals surface area contributed by atoms with Gasteiger partial charge in [0.1, 0.15) is 6.04 Å². The van der Waals surface area contributed by atoms with Crippen molar-refractivity contribution in [3.05, 3.63) is 0 Å². The average Bonchev–Trinajstić information content (AvgIpc) is 2.99. The van der Waals surface area contributed by atoms with Crippen LogP contribution in [0.5, 0.6) is 0 Å². The summed E-state index contributed by atoms with van der Waals surface area (Å²) in [6.07, 6.45) is 7.84. The standard InChI is InChI=1S/C22H34N2O4/c1-12(20(27)28)23-19(26)16-6-5-14-13-4-7-17-22(3,11-9-18(25)24-17)15(13)8-10-21(14,16)2/h12-17H,4-11H2,1-3H3,(H,23,26)(H,24,25)(H,27,28)/t12-,13?,14?,15?,16?,17+,21-,22+/m0/s1. The summed E-state index contributed by atoms with van der Waals surface area (Å²) in [6.45, 7) is 6.18. The molecule has 6 heteroatoms. The number of carboxylic acids is 1. The van der Waals surface area contributed by atoms with Crippen molar-refractivity contribution < 1.29 is 19.5 Å². The zero-order valence-electron chi connectivity index (χ0n) is 17.3. The van der Waals surface area contributed by atoms with Crippen LogP contribution in [-0.4, -0.2) is 35.0 Å². The zero-order chi connectivity index (χ0) is 20.3. The summed E-state index contributed by atoms with van der Waals surface area (Å²) in [4.78, 5) is 35.9. The van der Waals surface area contributed by atoms with Gasteiger partial charge >= 0.3 is 5.97 Å². The molecule has 8 atom stereocenters. The number of carboxylic acid groups (broad SMARTS) is 1. The largest absolute Gasteiger partial charge is 0.480 e. The summed E-state index contributed by atoms with van der Waals surface area (Å²) in [5.41, 5.74) is 0.140. The van der Waals surface area contributed by atoms with Crippen molar-refractivity contribution >= 4 is 17.8 Å². The predicted molar refractivity (Wildman–Crippen MR) is 104 cm³/mol. The first-order valence-corrected chi connectivity index (χ1v) is 11.0. The lowest BCUT2D eigenvalue weighted by Crippen LogP contribution is -2.61. The molecular weight excluding hydrogens is 356 g/mol. The number of carbonyl (C=O) groups is 3. The van der Waals surface area contributed by atoms with Gasteiger partial charge in [0.05, 0.1) is 0 Å². The van der Waals surface area contributed by atoms with Crippen LogP contribution in [0, 0.1) is 34.5 Å². The van der Waals surface area contributed by atoms with Crippen molar-refractivity contribution in [2.45, 2.75) is 84.2 Å². The summed E-state index contributed by atoms with van der Waals surface area (Å²) in [7, 11) is 0. The first-order valence-electron chi connectivity index (χ1n) is 11.0. The Morgan fingerprint density at radius 3 is 2.50 bits per heavy atom. The van der Waals surface area contributed by atoms with E-state index in [-0.39, 0.29) is 28.6 Å². The molecule has 3 saturated carbocycles. The lowest BCUT2D eigenvalue weighted by Gasteiger charge is -2.60. The highest BCUT2D eigenvalue weighted by atomic mass is 16.4. The van der Waals surface area contributed by atoms with Crippen LogP contribution in [0.15, 0.2) is 0 Å². The van der Waals surface area contributed by atoms with Gasteiger partial charge in [-0.15, -0.1) is 0 Å². The monoisotopic (exact) mass is 390 g/mol. The molecule has 4 fully saturated rings. The Labute approximate surface area is 167 Å². The number of carbonyl (C=O) groups excluding carboxylic acids is 2. The van der Waals surface area contributed by atoms with Gasteiger partial charge < -0.3 is 15.7 Å². The van der Waals surface area contributed by atoms with Crippen LogP contribution in [0.2, 0.25) is 0 Å². The van der Waals surface area contributed by atoms with Crippen molar-refractivity contribution in [3.63, 3.8) is 0 Å². The second kappa shape index (κ2) is 6.74. The summed E-state index contributed by atoms with van der Waals surface area (Å²) in [5, 5.41) is 15.1. The normalized spacial score (nSPS) is 45.8. The van der Waals surface area contributed by atoms with Crippen LogP contribution < -0.4 is 10.6 Å². The first-order chi connectivity index (χ1) is 13.2. The number of nitrogens with one attached hydrogen (secondary N) is 2. The number of piperidine rings is 1. The molecule has 1 heterocycles. The number of aliphatic carboxylic acids is 1. The first kappa shape index (κ1) is 19.7. The fraction of sp³-hybridized carbons (Fsp3) is 0.864. The van der Waals surface area contributed by atoms with Crippen molar-refractivity contribution in [2.75, 3.05) is 0 Å². The molecule has 0 radical (unpaired) electrons.